The molecule has 2 aromatic rings. The van der Waals surface area contributed by atoms with Gasteiger partial charge in [0.2, 0.25) is 5.91 Å². The van der Waals surface area contributed by atoms with Crippen molar-refractivity contribution < 1.29 is 19.1 Å². The van der Waals surface area contributed by atoms with E-state index in [4.69, 9.17) is 9.47 Å². The van der Waals surface area contributed by atoms with Gasteiger partial charge >= 0.3 is 0 Å². The maximum absolute atomic E-state index is 12.7. The lowest BCUT2D eigenvalue weighted by molar-refractivity contribution is -0.117. The number of amides is 2. The van der Waals surface area contributed by atoms with Crippen LogP contribution in [0.2, 0.25) is 0 Å². The molecule has 2 aliphatic carbocycles. The standard InChI is InChI=1S/C24H28N2O4/c1-29-21-14-20(26-24(28)16-6-4-3-5-7-16)22(30-2)13-19(21)25-23(27)12-18-11-15-8-9-17(18)10-15/h3-7,13-15,17-18H,8-12H2,1-2H3,(H,25,27)(H,26,28)/t15-,17-,18-/m0/s1. The third kappa shape index (κ3) is 4.27. The highest BCUT2D eigenvalue weighted by Crippen LogP contribution is 2.49. The van der Waals surface area contributed by atoms with Crippen molar-refractivity contribution >= 4 is 23.2 Å². The van der Waals surface area contributed by atoms with Crippen LogP contribution in [0.1, 0.15) is 42.5 Å². The summed E-state index contributed by atoms with van der Waals surface area (Å²) in [6, 6.07) is 12.3. The second-order valence-corrected chi connectivity index (χ2v) is 8.26. The zero-order valence-electron chi connectivity index (χ0n) is 17.4. The molecule has 0 spiro atoms. The second kappa shape index (κ2) is 8.78. The lowest BCUT2D eigenvalue weighted by Crippen LogP contribution is -2.20. The van der Waals surface area contributed by atoms with Crippen LogP contribution in [-0.2, 0) is 4.79 Å². The minimum atomic E-state index is -0.246. The molecule has 0 heterocycles. The molecular weight excluding hydrogens is 380 g/mol. The molecule has 4 rings (SSSR count). The number of carbonyl (C=O) groups is 2. The lowest BCUT2D eigenvalue weighted by atomic mass is 9.86. The molecule has 158 valence electrons. The molecule has 2 aliphatic rings. The molecule has 0 unspecified atom stereocenters. The SMILES string of the molecule is COc1cc(NC(=O)c2ccccc2)c(OC)cc1NC(=O)C[C@@H]1C[C@H]2CC[C@H]1C2. The fourth-order valence-electron chi connectivity index (χ4n) is 4.94. The minimum Gasteiger partial charge on any atom is -0.494 e. The Morgan fingerprint density at radius 3 is 2.17 bits per heavy atom. The number of benzene rings is 2. The van der Waals surface area contributed by atoms with Crippen LogP contribution in [0.4, 0.5) is 11.4 Å². The molecule has 0 aromatic heterocycles. The van der Waals surface area contributed by atoms with Crippen LogP contribution in [0.25, 0.3) is 0 Å². The van der Waals surface area contributed by atoms with Crippen LogP contribution < -0.4 is 20.1 Å². The normalized spacial score (nSPS) is 21.9. The molecule has 2 fully saturated rings. The van der Waals surface area contributed by atoms with Crippen LogP contribution >= 0.6 is 0 Å². The highest BCUT2D eigenvalue weighted by Gasteiger charge is 2.40. The van der Waals surface area contributed by atoms with E-state index in [1.807, 2.05) is 18.2 Å². The Morgan fingerprint density at radius 2 is 1.60 bits per heavy atom. The monoisotopic (exact) mass is 408 g/mol. The maximum atomic E-state index is 12.7. The van der Waals surface area contributed by atoms with Gasteiger partial charge in [0.05, 0.1) is 25.6 Å². The summed E-state index contributed by atoms with van der Waals surface area (Å²) in [5.41, 5.74) is 1.57. The van der Waals surface area contributed by atoms with Gasteiger partial charge in [0.15, 0.2) is 0 Å². The Labute approximate surface area is 177 Å². The van der Waals surface area contributed by atoms with Gasteiger partial charge in [-0.1, -0.05) is 24.6 Å². The Kier molecular flexibility index (Phi) is 5.93. The van der Waals surface area contributed by atoms with E-state index in [0.29, 0.717) is 46.7 Å². The third-order valence-corrected chi connectivity index (χ3v) is 6.41. The summed E-state index contributed by atoms with van der Waals surface area (Å²) in [4.78, 5) is 25.2. The fraction of sp³-hybridized carbons (Fsp3) is 0.417. The smallest absolute Gasteiger partial charge is 0.255 e. The molecule has 6 heteroatoms. The number of hydrogen-bond acceptors (Lipinski definition) is 4. The van der Waals surface area contributed by atoms with Crippen LogP contribution in [-0.4, -0.2) is 26.0 Å². The van der Waals surface area contributed by atoms with Crippen molar-refractivity contribution in [3.63, 3.8) is 0 Å². The molecule has 6 nitrogen and oxygen atoms in total. The largest absolute Gasteiger partial charge is 0.494 e. The zero-order valence-corrected chi connectivity index (χ0v) is 17.4. The van der Waals surface area contributed by atoms with E-state index in [-0.39, 0.29) is 11.8 Å². The van der Waals surface area contributed by atoms with Crippen molar-refractivity contribution in [2.45, 2.75) is 32.1 Å². The summed E-state index contributed by atoms with van der Waals surface area (Å²) in [6.07, 6.45) is 5.58. The number of rotatable bonds is 7. The van der Waals surface area contributed by atoms with Crippen molar-refractivity contribution in [3.8, 4) is 11.5 Å². The molecule has 2 saturated carbocycles. The van der Waals surface area contributed by atoms with E-state index in [9.17, 15) is 9.59 Å². The van der Waals surface area contributed by atoms with Crippen LogP contribution in [0.15, 0.2) is 42.5 Å². The highest BCUT2D eigenvalue weighted by atomic mass is 16.5. The van der Waals surface area contributed by atoms with Gasteiger partial charge in [0.1, 0.15) is 11.5 Å². The van der Waals surface area contributed by atoms with Gasteiger partial charge in [0, 0.05) is 24.1 Å². The van der Waals surface area contributed by atoms with Crippen molar-refractivity contribution in [1.29, 1.82) is 0 Å². The molecule has 2 N–H and O–H groups in total. The molecule has 3 atom stereocenters. The molecule has 0 saturated heterocycles. The third-order valence-electron chi connectivity index (χ3n) is 6.41. The second-order valence-electron chi connectivity index (χ2n) is 8.26. The van der Waals surface area contributed by atoms with Gasteiger partial charge in [-0.05, 0) is 49.1 Å². The first-order valence-corrected chi connectivity index (χ1v) is 10.5. The number of fused-ring (bicyclic) bond motifs is 2. The fourth-order valence-corrected chi connectivity index (χ4v) is 4.94. The zero-order chi connectivity index (χ0) is 21.1. The van der Waals surface area contributed by atoms with E-state index >= 15 is 0 Å². The number of carbonyl (C=O) groups excluding carboxylic acids is 2. The molecule has 2 aromatic carbocycles. The predicted molar refractivity (Wildman–Crippen MR) is 116 cm³/mol. The van der Waals surface area contributed by atoms with Gasteiger partial charge in [-0.25, -0.2) is 0 Å². The lowest BCUT2D eigenvalue weighted by Gasteiger charge is -2.21. The Morgan fingerprint density at radius 1 is 0.933 bits per heavy atom. The van der Waals surface area contributed by atoms with E-state index in [1.54, 1.807) is 24.3 Å². The number of anilines is 2. The van der Waals surface area contributed by atoms with Crippen molar-refractivity contribution in [3.05, 3.63) is 48.0 Å². The summed E-state index contributed by atoms with van der Waals surface area (Å²) < 4.78 is 10.9. The first-order chi connectivity index (χ1) is 14.6. The van der Waals surface area contributed by atoms with Crippen LogP contribution in [0.5, 0.6) is 11.5 Å². The summed E-state index contributed by atoms with van der Waals surface area (Å²) in [6.45, 7) is 0. The van der Waals surface area contributed by atoms with Gasteiger partial charge < -0.3 is 20.1 Å². The van der Waals surface area contributed by atoms with Crippen LogP contribution in [0, 0.1) is 17.8 Å². The molecule has 30 heavy (non-hydrogen) atoms. The van der Waals surface area contributed by atoms with Gasteiger partial charge in [-0.3, -0.25) is 9.59 Å². The maximum Gasteiger partial charge on any atom is 0.255 e. The Hall–Kier alpha value is -3.02. The molecule has 2 bridgehead atoms. The molecule has 0 aliphatic heterocycles. The van der Waals surface area contributed by atoms with E-state index in [1.165, 1.54) is 39.9 Å². The number of nitrogens with one attached hydrogen (secondary N) is 2. The Balaban J connectivity index is 1.48. The number of ether oxygens (including phenoxy) is 2. The molecular formula is C24H28N2O4. The summed E-state index contributed by atoms with van der Waals surface area (Å²) in [5.74, 6) is 2.68. The summed E-state index contributed by atoms with van der Waals surface area (Å²) in [5, 5.41) is 5.83. The minimum absolute atomic E-state index is 0.00558. The van der Waals surface area contributed by atoms with E-state index < -0.39 is 0 Å². The van der Waals surface area contributed by atoms with Gasteiger partial charge in [0.25, 0.3) is 5.91 Å². The topological polar surface area (TPSA) is 76.7 Å². The summed E-state index contributed by atoms with van der Waals surface area (Å²) in [7, 11) is 3.07. The first kappa shape index (κ1) is 20.3. The van der Waals surface area contributed by atoms with Crippen molar-refractivity contribution in [2.24, 2.45) is 17.8 Å². The molecule has 0 radical (unpaired) electrons. The van der Waals surface area contributed by atoms with E-state index in [0.717, 1.165) is 5.92 Å². The predicted octanol–water partition coefficient (Wildman–Crippen LogP) is 4.72. The van der Waals surface area contributed by atoms with Crippen LogP contribution in [0.3, 0.4) is 0 Å². The quantitative estimate of drug-likeness (QED) is 0.695. The number of hydrogen-bond donors (Lipinski definition) is 2. The first-order valence-electron chi connectivity index (χ1n) is 10.5. The highest BCUT2D eigenvalue weighted by molar-refractivity contribution is 6.05. The number of methoxy groups -OCH3 is 2. The average molecular weight is 408 g/mol. The van der Waals surface area contributed by atoms with Gasteiger partial charge in [-0.2, -0.15) is 0 Å². The van der Waals surface area contributed by atoms with E-state index in [2.05, 4.69) is 10.6 Å². The Bertz CT molecular complexity index is 928. The van der Waals surface area contributed by atoms with Gasteiger partial charge in [-0.15, -0.1) is 0 Å². The van der Waals surface area contributed by atoms with Crippen molar-refractivity contribution in [1.82, 2.24) is 0 Å². The average Bonchev–Trinajstić information content (AvgIpc) is 3.38. The van der Waals surface area contributed by atoms with Crippen molar-refractivity contribution in [2.75, 3.05) is 24.9 Å². The summed E-state index contributed by atoms with van der Waals surface area (Å²) >= 11 is 0. The molecule has 2 amide bonds.